The van der Waals surface area contributed by atoms with Gasteiger partial charge in [0.1, 0.15) is 5.82 Å². The average molecular weight is 345 g/mol. The second-order valence-corrected chi connectivity index (χ2v) is 7.79. The third kappa shape index (κ3) is 3.07. The largest absolute Gasteiger partial charge is 0.384 e. The average Bonchev–Trinajstić information content (AvgIpc) is 2.60. The molecule has 4 rings (SSSR count). The molecule has 26 heavy (non-hydrogen) atoms. The van der Waals surface area contributed by atoms with Gasteiger partial charge in [-0.3, -0.25) is 9.78 Å². The molecule has 2 N–H and O–H groups in total. The van der Waals surface area contributed by atoms with Crippen LogP contribution in [0.2, 0.25) is 0 Å². The number of ketones is 1. The fraction of sp³-hybridized carbons (Fsp3) is 0.318. The van der Waals surface area contributed by atoms with Gasteiger partial charge in [-0.1, -0.05) is 25.5 Å². The summed E-state index contributed by atoms with van der Waals surface area (Å²) < 4.78 is 0. The van der Waals surface area contributed by atoms with E-state index in [4.69, 9.17) is 5.73 Å². The number of fused-ring (bicyclic) bond motifs is 1. The Morgan fingerprint density at radius 1 is 1.12 bits per heavy atom. The second-order valence-electron chi connectivity index (χ2n) is 7.79. The third-order valence-electron chi connectivity index (χ3n) is 5.61. The van der Waals surface area contributed by atoms with E-state index in [2.05, 4.69) is 23.0 Å². The number of hydrogen-bond acceptors (Lipinski definition) is 4. The van der Waals surface area contributed by atoms with Crippen molar-refractivity contribution in [2.75, 3.05) is 5.73 Å². The normalized spacial score (nSPS) is 15.6. The quantitative estimate of drug-likeness (QED) is 0.679. The van der Waals surface area contributed by atoms with E-state index in [1.54, 1.807) is 12.4 Å². The van der Waals surface area contributed by atoms with Gasteiger partial charge in [-0.05, 0) is 54.3 Å². The highest BCUT2D eigenvalue weighted by Crippen LogP contribution is 2.44. The van der Waals surface area contributed by atoms with Gasteiger partial charge in [0.05, 0.1) is 0 Å². The van der Waals surface area contributed by atoms with Crippen LogP contribution in [0.4, 0.5) is 5.82 Å². The number of Topliss-reactive ketones (excluding diaryl/α,β-unsaturated/α-hetero) is 1. The minimum absolute atomic E-state index is 0.177. The number of aryl methyl sites for hydroxylation is 1. The molecule has 0 aliphatic heterocycles. The van der Waals surface area contributed by atoms with E-state index < -0.39 is 0 Å². The Labute approximate surface area is 153 Å². The molecule has 4 heteroatoms. The van der Waals surface area contributed by atoms with Gasteiger partial charge in [-0.2, -0.15) is 0 Å². The molecule has 0 unspecified atom stereocenters. The number of nitrogens with zero attached hydrogens (tertiary/aromatic N) is 2. The van der Waals surface area contributed by atoms with Crippen molar-refractivity contribution in [1.82, 2.24) is 9.97 Å². The van der Waals surface area contributed by atoms with Crippen LogP contribution in [-0.4, -0.2) is 15.8 Å². The highest BCUT2D eigenvalue weighted by molar-refractivity contribution is 5.98. The molecule has 1 saturated carbocycles. The van der Waals surface area contributed by atoms with E-state index in [9.17, 15) is 4.79 Å². The molecule has 2 aromatic heterocycles. The molecule has 0 amide bonds. The Bertz CT molecular complexity index is 1010. The fourth-order valence-electron chi connectivity index (χ4n) is 3.75. The van der Waals surface area contributed by atoms with Gasteiger partial charge in [0.25, 0.3) is 0 Å². The third-order valence-corrected chi connectivity index (χ3v) is 5.61. The maximum absolute atomic E-state index is 12.7. The highest BCUT2D eigenvalue weighted by Gasteiger charge is 2.34. The van der Waals surface area contributed by atoms with E-state index in [-0.39, 0.29) is 11.2 Å². The van der Waals surface area contributed by atoms with Crippen molar-refractivity contribution in [2.45, 2.75) is 39.5 Å². The number of aromatic nitrogens is 2. The molecule has 0 radical (unpaired) electrons. The summed E-state index contributed by atoms with van der Waals surface area (Å²) in [6.07, 6.45) is 7.63. The molecule has 3 aromatic rings. The topological polar surface area (TPSA) is 68.9 Å². The minimum atomic E-state index is 0.177. The first-order chi connectivity index (χ1) is 12.4. The van der Waals surface area contributed by atoms with Crippen LogP contribution in [0.25, 0.3) is 21.9 Å². The molecule has 2 heterocycles. The summed E-state index contributed by atoms with van der Waals surface area (Å²) in [6.45, 7) is 4.18. The van der Waals surface area contributed by atoms with Crippen LogP contribution >= 0.6 is 0 Å². The van der Waals surface area contributed by atoms with Crippen LogP contribution in [0.3, 0.4) is 0 Å². The van der Waals surface area contributed by atoms with Crippen molar-refractivity contribution in [1.29, 1.82) is 0 Å². The van der Waals surface area contributed by atoms with Crippen molar-refractivity contribution in [3.05, 3.63) is 54.0 Å². The smallest absolute Gasteiger partial charge is 0.164 e. The number of carbonyl (C=O) groups is 1. The van der Waals surface area contributed by atoms with Gasteiger partial charge in [0.15, 0.2) is 5.78 Å². The Morgan fingerprint density at radius 3 is 2.65 bits per heavy atom. The van der Waals surface area contributed by atoms with E-state index >= 15 is 0 Å². The summed E-state index contributed by atoms with van der Waals surface area (Å²) in [5, 5.41) is 2.08. The summed E-state index contributed by atoms with van der Waals surface area (Å²) in [4.78, 5) is 21.4. The SMILES string of the molecule is Cc1ncc(C(=O)CC2(C)CCC2)cc1-c1ccc2cc(N)ncc2c1. The molecular weight excluding hydrogens is 322 g/mol. The van der Waals surface area contributed by atoms with Crippen molar-refractivity contribution >= 4 is 22.4 Å². The molecule has 0 saturated heterocycles. The number of pyridine rings is 2. The lowest BCUT2D eigenvalue weighted by atomic mass is 9.67. The predicted octanol–water partition coefficient (Wildman–Crippen LogP) is 4.95. The summed E-state index contributed by atoms with van der Waals surface area (Å²) >= 11 is 0. The Morgan fingerprint density at radius 2 is 1.92 bits per heavy atom. The number of anilines is 1. The fourth-order valence-corrected chi connectivity index (χ4v) is 3.75. The first kappa shape index (κ1) is 16.7. The Kier molecular flexibility index (Phi) is 3.98. The van der Waals surface area contributed by atoms with Gasteiger partial charge in [0, 0.05) is 41.0 Å². The summed E-state index contributed by atoms with van der Waals surface area (Å²) in [5.41, 5.74) is 9.59. The molecule has 132 valence electrons. The zero-order valence-electron chi connectivity index (χ0n) is 15.2. The van der Waals surface area contributed by atoms with Crippen LogP contribution in [0.5, 0.6) is 0 Å². The number of nitrogens with two attached hydrogens (primary N) is 1. The van der Waals surface area contributed by atoms with Crippen LogP contribution in [0, 0.1) is 12.3 Å². The summed E-state index contributed by atoms with van der Waals surface area (Å²) in [5.74, 6) is 0.705. The maximum Gasteiger partial charge on any atom is 0.164 e. The van der Waals surface area contributed by atoms with E-state index in [1.165, 1.54) is 6.42 Å². The molecule has 1 aliphatic carbocycles. The van der Waals surface area contributed by atoms with Gasteiger partial charge >= 0.3 is 0 Å². The molecule has 1 aliphatic rings. The zero-order chi connectivity index (χ0) is 18.3. The number of rotatable bonds is 4. The molecular formula is C22H23N3O. The van der Waals surface area contributed by atoms with Gasteiger partial charge in [0.2, 0.25) is 0 Å². The Balaban J connectivity index is 1.70. The van der Waals surface area contributed by atoms with Crippen LogP contribution in [-0.2, 0) is 0 Å². The molecule has 0 atom stereocenters. The standard InChI is InChI=1S/C22H23N3O/c1-14-19(16-5-4-15-10-21(23)25-12-17(15)8-16)9-18(13-24-14)20(26)11-22(2)6-3-7-22/h4-5,8-10,12-13H,3,6-7,11H2,1-2H3,(H2,23,25). The van der Waals surface area contributed by atoms with E-state index in [0.29, 0.717) is 17.8 Å². The summed E-state index contributed by atoms with van der Waals surface area (Å²) in [6, 6.07) is 10.0. The first-order valence-electron chi connectivity index (χ1n) is 9.09. The van der Waals surface area contributed by atoms with Crippen molar-refractivity contribution < 1.29 is 4.79 Å². The van der Waals surface area contributed by atoms with Crippen LogP contribution < -0.4 is 5.73 Å². The monoisotopic (exact) mass is 345 g/mol. The van der Waals surface area contributed by atoms with E-state index in [0.717, 1.165) is 40.4 Å². The van der Waals surface area contributed by atoms with Crippen LogP contribution in [0.1, 0.15) is 48.7 Å². The van der Waals surface area contributed by atoms with Crippen molar-refractivity contribution in [3.8, 4) is 11.1 Å². The molecule has 0 bridgehead atoms. The number of carbonyl (C=O) groups excluding carboxylic acids is 1. The number of hydrogen-bond donors (Lipinski definition) is 1. The summed E-state index contributed by atoms with van der Waals surface area (Å²) in [7, 11) is 0. The highest BCUT2D eigenvalue weighted by atomic mass is 16.1. The minimum Gasteiger partial charge on any atom is -0.384 e. The molecule has 1 aromatic carbocycles. The van der Waals surface area contributed by atoms with Gasteiger partial charge < -0.3 is 5.73 Å². The number of benzene rings is 1. The molecule has 0 spiro atoms. The predicted molar refractivity (Wildman–Crippen MR) is 105 cm³/mol. The Hall–Kier alpha value is -2.75. The van der Waals surface area contributed by atoms with Gasteiger partial charge in [-0.25, -0.2) is 4.98 Å². The molecule has 4 nitrogen and oxygen atoms in total. The van der Waals surface area contributed by atoms with Crippen molar-refractivity contribution in [2.24, 2.45) is 5.41 Å². The zero-order valence-corrected chi connectivity index (χ0v) is 15.2. The lowest BCUT2D eigenvalue weighted by Crippen LogP contribution is -2.28. The second kappa shape index (κ2) is 6.20. The van der Waals surface area contributed by atoms with E-state index in [1.807, 2.05) is 31.2 Å². The lowest BCUT2D eigenvalue weighted by molar-refractivity contribution is 0.0816. The molecule has 1 fully saturated rings. The first-order valence-corrected chi connectivity index (χ1v) is 9.09. The maximum atomic E-state index is 12.7. The number of nitrogen functional groups attached to an aromatic ring is 1. The van der Waals surface area contributed by atoms with Crippen LogP contribution in [0.15, 0.2) is 42.7 Å². The van der Waals surface area contributed by atoms with Crippen molar-refractivity contribution in [3.63, 3.8) is 0 Å². The lowest BCUT2D eigenvalue weighted by Gasteiger charge is -2.37. The van der Waals surface area contributed by atoms with Gasteiger partial charge in [-0.15, -0.1) is 0 Å².